The molecule has 0 saturated carbocycles. The molecule has 0 aliphatic carbocycles. The average molecular weight is 411 g/mol. The second-order valence-electron chi connectivity index (χ2n) is 5.70. The van der Waals surface area contributed by atoms with Gasteiger partial charge in [-0.2, -0.15) is 0 Å². The smallest absolute Gasteiger partial charge is 0.237 e. The molecule has 0 spiro atoms. The van der Waals surface area contributed by atoms with Crippen molar-refractivity contribution in [1.29, 1.82) is 0 Å². The predicted molar refractivity (Wildman–Crippen MR) is 98.7 cm³/mol. The Labute approximate surface area is 156 Å². The van der Waals surface area contributed by atoms with E-state index in [2.05, 4.69) is 21.2 Å². The van der Waals surface area contributed by atoms with E-state index >= 15 is 0 Å². The Morgan fingerprint density at radius 2 is 1.96 bits per heavy atom. The molecule has 1 aromatic carbocycles. The number of amides is 1. The van der Waals surface area contributed by atoms with E-state index in [9.17, 15) is 4.79 Å². The van der Waals surface area contributed by atoms with Gasteiger partial charge in [0.05, 0.1) is 26.8 Å². The van der Waals surface area contributed by atoms with Crippen molar-refractivity contribution in [3.63, 3.8) is 0 Å². The van der Waals surface area contributed by atoms with Crippen LogP contribution >= 0.6 is 15.9 Å². The number of methoxy groups -OCH3 is 2. The number of furan rings is 1. The number of carbonyl (C=O) groups is 1. The summed E-state index contributed by atoms with van der Waals surface area (Å²) in [4.78, 5) is 14.3. The van der Waals surface area contributed by atoms with Crippen molar-refractivity contribution in [2.75, 3.05) is 21.3 Å². The van der Waals surface area contributed by atoms with Gasteiger partial charge in [0.2, 0.25) is 5.91 Å². The summed E-state index contributed by atoms with van der Waals surface area (Å²) in [6.45, 7) is 2.84. The zero-order valence-electron chi connectivity index (χ0n) is 14.8. The number of benzene rings is 1. The average Bonchev–Trinajstić information content (AvgIpc) is 3.03. The molecule has 2 rings (SSSR count). The minimum atomic E-state index is -0.288. The maximum Gasteiger partial charge on any atom is 0.237 e. The Hall–Kier alpha value is -1.99. The number of rotatable bonds is 8. The lowest BCUT2D eigenvalue weighted by atomic mass is 10.2. The quantitative estimate of drug-likeness (QED) is 0.723. The Balaban J connectivity index is 1.90. The third-order valence-electron chi connectivity index (χ3n) is 3.99. The molecule has 1 amide bonds. The lowest BCUT2D eigenvalue weighted by molar-refractivity contribution is -0.125. The van der Waals surface area contributed by atoms with Crippen LogP contribution in [0.25, 0.3) is 0 Å². The van der Waals surface area contributed by atoms with E-state index in [0.717, 1.165) is 11.3 Å². The van der Waals surface area contributed by atoms with Crippen molar-refractivity contribution in [2.24, 2.45) is 0 Å². The van der Waals surface area contributed by atoms with Crippen molar-refractivity contribution >= 4 is 21.8 Å². The van der Waals surface area contributed by atoms with Crippen molar-refractivity contribution in [2.45, 2.75) is 26.1 Å². The zero-order valence-corrected chi connectivity index (χ0v) is 16.4. The summed E-state index contributed by atoms with van der Waals surface area (Å²) in [6, 6.07) is 9.01. The molecular weight excluding hydrogens is 388 g/mol. The van der Waals surface area contributed by atoms with Gasteiger partial charge in [-0.15, -0.1) is 0 Å². The molecule has 0 fully saturated rings. The van der Waals surface area contributed by atoms with Crippen LogP contribution in [-0.4, -0.2) is 38.1 Å². The predicted octanol–water partition coefficient (Wildman–Crippen LogP) is 3.20. The molecule has 0 radical (unpaired) electrons. The molecule has 2 aromatic rings. The highest BCUT2D eigenvalue weighted by molar-refractivity contribution is 9.10. The Morgan fingerprint density at radius 3 is 2.56 bits per heavy atom. The first kappa shape index (κ1) is 19.3. The Morgan fingerprint density at radius 1 is 1.24 bits per heavy atom. The minimum absolute atomic E-state index is 0.0529. The first-order valence-corrected chi connectivity index (χ1v) is 8.67. The highest BCUT2D eigenvalue weighted by Gasteiger charge is 2.19. The third-order valence-corrected chi connectivity index (χ3v) is 4.42. The van der Waals surface area contributed by atoms with Crippen LogP contribution in [0.1, 0.15) is 18.2 Å². The van der Waals surface area contributed by atoms with Crippen LogP contribution in [-0.2, 0) is 17.9 Å². The normalized spacial score (nSPS) is 12.1. The van der Waals surface area contributed by atoms with Gasteiger partial charge in [0, 0.05) is 6.54 Å². The molecule has 6 nitrogen and oxygen atoms in total. The molecule has 136 valence electrons. The number of carbonyl (C=O) groups excluding carboxylic acids is 1. The molecule has 1 atom stereocenters. The fraction of sp³-hybridized carbons (Fsp3) is 0.389. The molecule has 7 heteroatoms. The van der Waals surface area contributed by atoms with Gasteiger partial charge in [-0.3, -0.25) is 9.69 Å². The summed E-state index contributed by atoms with van der Waals surface area (Å²) in [5.74, 6) is 2.05. The van der Waals surface area contributed by atoms with E-state index in [1.165, 1.54) is 0 Å². The molecule has 0 saturated heterocycles. The number of nitrogens with one attached hydrogen (secondary N) is 1. The topological polar surface area (TPSA) is 63.9 Å². The molecule has 0 bridgehead atoms. The number of ether oxygens (including phenoxy) is 2. The molecule has 25 heavy (non-hydrogen) atoms. The summed E-state index contributed by atoms with van der Waals surface area (Å²) in [6.07, 6.45) is 0. The van der Waals surface area contributed by atoms with Gasteiger partial charge in [0.25, 0.3) is 0 Å². The van der Waals surface area contributed by atoms with E-state index in [1.807, 2.05) is 49.2 Å². The number of nitrogens with zero attached hydrogens (tertiary/aromatic N) is 1. The third kappa shape index (κ3) is 5.24. The van der Waals surface area contributed by atoms with Crippen LogP contribution in [0.15, 0.2) is 39.4 Å². The number of likely N-dealkylation sites (N-methyl/N-ethyl adjacent to an activating group) is 1. The summed E-state index contributed by atoms with van der Waals surface area (Å²) < 4.78 is 16.7. The summed E-state index contributed by atoms with van der Waals surface area (Å²) in [7, 11) is 5.07. The number of hydrogen-bond donors (Lipinski definition) is 1. The van der Waals surface area contributed by atoms with Crippen molar-refractivity contribution in [3.05, 3.63) is 46.3 Å². The monoisotopic (exact) mass is 410 g/mol. The summed E-state index contributed by atoms with van der Waals surface area (Å²) in [5, 5.41) is 2.94. The van der Waals surface area contributed by atoms with Gasteiger partial charge < -0.3 is 19.2 Å². The van der Waals surface area contributed by atoms with E-state index in [0.29, 0.717) is 29.3 Å². The van der Waals surface area contributed by atoms with Crippen molar-refractivity contribution in [1.82, 2.24) is 10.2 Å². The molecule has 1 unspecified atom stereocenters. The SMILES string of the molecule is COc1ccc(CNC(=O)C(C)N(C)Cc2ccc(Br)o2)cc1OC. The first-order chi connectivity index (χ1) is 11.9. The van der Waals surface area contributed by atoms with Gasteiger partial charge in [0.15, 0.2) is 16.2 Å². The Bertz CT molecular complexity index is 717. The van der Waals surface area contributed by atoms with E-state index in [1.54, 1.807) is 14.2 Å². The second kappa shape index (κ2) is 8.92. The molecular formula is C18H23BrN2O4. The van der Waals surface area contributed by atoms with E-state index < -0.39 is 0 Å². The zero-order chi connectivity index (χ0) is 18.4. The lowest BCUT2D eigenvalue weighted by Crippen LogP contribution is -2.42. The van der Waals surface area contributed by atoms with Gasteiger partial charge >= 0.3 is 0 Å². The summed E-state index contributed by atoms with van der Waals surface area (Å²) >= 11 is 3.28. The molecule has 1 N–H and O–H groups in total. The van der Waals surface area contributed by atoms with Gasteiger partial charge in [-0.25, -0.2) is 0 Å². The van der Waals surface area contributed by atoms with Gasteiger partial charge in [-0.1, -0.05) is 6.07 Å². The summed E-state index contributed by atoms with van der Waals surface area (Å²) in [5.41, 5.74) is 0.941. The highest BCUT2D eigenvalue weighted by atomic mass is 79.9. The maximum absolute atomic E-state index is 12.4. The van der Waals surface area contributed by atoms with Crippen LogP contribution in [0.5, 0.6) is 11.5 Å². The van der Waals surface area contributed by atoms with Crippen LogP contribution in [0.2, 0.25) is 0 Å². The van der Waals surface area contributed by atoms with Crippen LogP contribution in [0.3, 0.4) is 0 Å². The molecule has 1 aromatic heterocycles. The first-order valence-electron chi connectivity index (χ1n) is 7.87. The second-order valence-corrected chi connectivity index (χ2v) is 6.49. The standard InChI is InChI=1S/C18H23BrN2O4/c1-12(21(2)11-14-6-8-17(19)25-14)18(22)20-10-13-5-7-15(23-3)16(9-13)24-4/h5-9,12H,10-11H2,1-4H3,(H,20,22). The van der Waals surface area contributed by atoms with Crippen molar-refractivity contribution < 1.29 is 18.7 Å². The van der Waals surface area contributed by atoms with Gasteiger partial charge in [0.1, 0.15) is 5.76 Å². The lowest BCUT2D eigenvalue weighted by Gasteiger charge is -2.23. The molecule has 1 heterocycles. The van der Waals surface area contributed by atoms with Crippen LogP contribution in [0.4, 0.5) is 0 Å². The number of halogens is 1. The highest BCUT2D eigenvalue weighted by Crippen LogP contribution is 2.27. The fourth-order valence-electron chi connectivity index (χ4n) is 2.35. The molecule has 0 aliphatic rings. The Kier molecular flexibility index (Phi) is 6.90. The van der Waals surface area contributed by atoms with E-state index in [4.69, 9.17) is 13.9 Å². The minimum Gasteiger partial charge on any atom is -0.493 e. The van der Waals surface area contributed by atoms with Crippen LogP contribution < -0.4 is 14.8 Å². The van der Waals surface area contributed by atoms with Crippen molar-refractivity contribution in [3.8, 4) is 11.5 Å². The molecule has 0 aliphatic heterocycles. The van der Waals surface area contributed by atoms with E-state index in [-0.39, 0.29) is 11.9 Å². The fourth-order valence-corrected chi connectivity index (χ4v) is 2.69. The largest absolute Gasteiger partial charge is 0.493 e. The number of hydrogen-bond acceptors (Lipinski definition) is 5. The van der Waals surface area contributed by atoms with Crippen LogP contribution in [0, 0.1) is 0 Å². The van der Waals surface area contributed by atoms with Gasteiger partial charge in [-0.05, 0) is 59.7 Å². The maximum atomic E-state index is 12.4.